The molecule has 4 rings (SSSR count). The molecule has 3 heterocycles. The van der Waals surface area contributed by atoms with E-state index >= 15 is 0 Å². The highest BCUT2D eigenvalue weighted by Gasteiger charge is 2.41. The third-order valence-corrected chi connectivity index (χ3v) is 6.77. The maximum Gasteiger partial charge on any atom is 0.287 e. The van der Waals surface area contributed by atoms with Crippen LogP contribution in [0.2, 0.25) is 0 Å². The molecule has 0 aliphatic carbocycles. The van der Waals surface area contributed by atoms with Gasteiger partial charge in [-0.1, -0.05) is 15.9 Å². The first kappa shape index (κ1) is 17.4. The standard InChI is InChI=1S/C18H21BrN2O3S/c19-14-1-2-15-13(9-14)10-16(24-15)17(22)20-11-18(3-8-25-12-18)21-4-6-23-7-5-21/h1-2,9-10H,3-8,11-12H2,(H,20,22). The molecule has 2 aliphatic rings. The summed E-state index contributed by atoms with van der Waals surface area (Å²) >= 11 is 5.41. The molecule has 0 radical (unpaired) electrons. The molecule has 1 atom stereocenters. The van der Waals surface area contributed by atoms with Gasteiger partial charge in [0.15, 0.2) is 5.76 Å². The Morgan fingerprint density at radius 3 is 2.92 bits per heavy atom. The SMILES string of the molecule is O=C(NCC1(N2CCOCC2)CCSC1)c1cc2cc(Br)ccc2o1. The van der Waals surface area contributed by atoms with Gasteiger partial charge in [-0.25, -0.2) is 0 Å². The van der Waals surface area contributed by atoms with E-state index in [2.05, 4.69) is 26.1 Å². The molecule has 7 heteroatoms. The van der Waals surface area contributed by atoms with Crippen LogP contribution in [0.25, 0.3) is 11.0 Å². The van der Waals surface area contributed by atoms with E-state index in [1.165, 1.54) is 0 Å². The highest BCUT2D eigenvalue weighted by molar-refractivity contribution is 9.10. The fourth-order valence-corrected chi connectivity index (χ4v) is 5.45. The first-order valence-electron chi connectivity index (χ1n) is 8.54. The number of carbonyl (C=O) groups is 1. The number of fused-ring (bicyclic) bond motifs is 1. The van der Waals surface area contributed by atoms with Gasteiger partial charge in [-0.05, 0) is 36.4 Å². The van der Waals surface area contributed by atoms with E-state index < -0.39 is 0 Å². The summed E-state index contributed by atoms with van der Waals surface area (Å²) in [5.74, 6) is 2.43. The molecule has 2 fully saturated rings. The second-order valence-corrected chi connectivity index (χ2v) is 8.62. The van der Waals surface area contributed by atoms with Crippen molar-refractivity contribution in [1.29, 1.82) is 0 Å². The Labute approximate surface area is 159 Å². The Bertz CT molecular complexity index is 767. The summed E-state index contributed by atoms with van der Waals surface area (Å²) in [6.07, 6.45) is 1.10. The third kappa shape index (κ3) is 3.60. The molecule has 2 aromatic rings. The summed E-state index contributed by atoms with van der Waals surface area (Å²) < 4.78 is 12.2. The zero-order valence-electron chi connectivity index (χ0n) is 13.9. The molecule has 25 heavy (non-hydrogen) atoms. The van der Waals surface area contributed by atoms with Crippen LogP contribution in [0.15, 0.2) is 33.2 Å². The van der Waals surface area contributed by atoms with Crippen LogP contribution in [-0.4, -0.2) is 60.7 Å². The summed E-state index contributed by atoms with van der Waals surface area (Å²) in [4.78, 5) is 15.1. The third-order valence-electron chi connectivity index (χ3n) is 5.04. The number of hydrogen-bond acceptors (Lipinski definition) is 5. The summed E-state index contributed by atoms with van der Waals surface area (Å²) in [7, 11) is 0. The summed E-state index contributed by atoms with van der Waals surface area (Å²) in [5.41, 5.74) is 0.770. The highest BCUT2D eigenvalue weighted by Crippen LogP contribution is 2.33. The second-order valence-electron chi connectivity index (χ2n) is 6.60. The predicted octanol–water partition coefficient (Wildman–Crippen LogP) is 3.13. The lowest BCUT2D eigenvalue weighted by molar-refractivity contribution is -0.0129. The fraction of sp³-hybridized carbons (Fsp3) is 0.500. The minimum atomic E-state index is -0.142. The van der Waals surface area contributed by atoms with E-state index in [-0.39, 0.29) is 11.4 Å². The van der Waals surface area contributed by atoms with Gasteiger partial charge < -0.3 is 14.5 Å². The molecule has 2 saturated heterocycles. The lowest BCUT2D eigenvalue weighted by Gasteiger charge is -2.42. The number of hydrogen-bond donors (Lipinski definition) is 1. The van der Waals surface area contributed by atoms with Gasteiger partial charge in [-0.15, -0.1) is 0 Å². The Kier molecular flexibility index (Phi) is 5.08. The van der Waals surface area contributed by atoms with Crippen LogP contribution in [0.3, 0.4) is 0 Å². The molecule has 0 spiro atoms. The predicted molar refractivity (Wildman–Crippen MR) is 103 cm³/mol. The number of morpholine rings is 1. The highest BCUT2D eigenvalue weighted by atomic mass is 79.9. The number of ether oxygens (including phenoxy) is 1. The van der Waals surface area contributed by atoms with E-state index in [1.54, 1.807) is 6.07 Å². The van der Waals surface area contributed by atoms with E-state index in [0.29, 0.717) is 12.3 Å². The fourth-order valence-electron chi connectivity index (χ4n) is 3.59. The Morgan fingerprint density at radius 1 is 1.32 bits per heavy atom. The molecule has 1 aromatic heterocycles. The number of halogens is 1. The van der Waals surface area contributed by atoms with E-state index in [9.17, 15) is 4.79 Å². The van der Waals surface area contributed by atoms with Gasteiger partial charge in [0.2, 0.25) is 0 Å². The van der Waals surface area contributed by atoms with Crippen LogP contribution in [0.1, 0.15) is 17.0 Å². The molecular weight excluding hydrogens is 404 g/mol. The molecule has 0 saturated carbocycles. The number of nitrogens with one attached hydrogen (secondary N) is 1. The molecule has 1 aromatic carbocycles. The number of furan rings is 1. The van der Waals surface area contributed by atoms with Crippen molar-refractivity contribution < 1.29 is 13.9 Å². The summed E-state index contributed by atoms with van der Waals surface area (Å²) in [6, 6.07) is 7.55. The van der Waals surface area contributed by atoms with Crippen LogP contribution in [0.5, 0.6) is 0 Å². The lowest BCUT2D eigenvalue weighted by Crippen LogP contribution is -2.59. The van der Waals surface area contributed by atoms with Gasteiger partial charge in [0.25, 0.3) is 5.91 Å². The maximum absolute atomic E-state index is 12.6. The number of nitrogens with zero attached hydrogens (tertiary/aromatic N) is 1. The molecule has 2 aliphatic heterocycles. The zero-order valence-corrected chi connectivity index (χ0v) is 16.3. The molecule has 1 unspecified atom stereocenters. The molecule has 5 nitrogen and oxygen atoms in total. The first-order valence-corrected chi connectivity index (χ1v) is 10.5. The zero-order chi connectivity index (χ0) is 17.3. The van der Waals surface area contributed by atoms with Gasteiger partial charge in [0.1, 0.15) is 5.58 Å². The Balaban J connectivity index is 1.47. The van der Waals surface area contributed by atoms with Crippen LogP contribution >= 0.6 is 27.7 Å². The van der Waals surface area contributed by atoms with Gasteiger partial charge in [0, 0.05) is 40.8 Å². The molecule has 0 bridgehead atoms. The smallest absolute Gasteiger partial charge is 0.287 e. The molecular formula is C18H21BrN2O3S. The summed E-state index contributed by atoms with van der Waals surface area (Å²) in [6.45, 7) is 4.08. The van der Waals surface area contributed by atoms with Crippen LogP contribution in [0, 0.1) is 0 Å². The molecule has 1 N–H and O–H groups in total. The molecule has 134 valence electrons. The van der Waals surface area contributed by atoms with Crippen molar-refractivity contribution in [3.8, 4) is 0 Å². The van der Waals surface area contributed by atoms with Crippen molar-refractivity contribution in [3.05, 3.63) is 34.5 Å². The Morgan fingerprint density at radius 2 is 2.16 bits per heavy atom. The molecule has 1 amide bonds. The quantitative estimate of drug-likeness (QED) is 0.816. The van der Waals surface area contributed by atoms with E-state index in [1.807, 2.05) is 30.0 Å². The lowest BCUT2D eigenvalue weighted by atomic mass is 9.95. The number of benzene rings is 1. The number of rotatable bonds is 4. The Hall–Kier alpha value is -1.02. The van der Waals surface area contributed by atoms with Gasteiger partial charge in [-0.3, -0.25) is 9.69 Å². The minimum Gasteiger partial charge on any atom is -0.451 e. The monoisotopic (exact) mass is 424 g/mol. The van der Waals surface area contributed by atoms with Crippen LogP contribution in [-0.2, 0) is 4.74 Å². The first-order chi connectivity index (χ1) is 12.2. The average Bonchev–Trinajstić information content (AvgIpc) is 3.28. The number of thioether (sulfide) groups is 1. The van der Waals surface area contributed by atoms with Crippen molar-refractivity contribution in [3.63, 3.8) is 0 Å². The minimum absolute atomic E-state index is 0.0408. The van der Waals surface area contributed by atoms with Crippen molar-refractivity contribution in [2.75, 3.05) is 44.4 Å². The van der Waals surface area contributed by atoms with Gasteiger partial charge >= 0.3 is 0 Å². The largest absolute Gasteiger partial charge is 0.451 e. The van der Waals surface area contributed by atoms with Crippen LogP contribution < -0.4 is 5.32 Å². The normalized spacial score (nSPS) is 24.7. The van der Waals surface area contributed by atoms with Crippen molar-refractivity contribution in [2.45, 2.75) is 12.0 Å². The van der Waals surface area contributed by atoms with Gasteiger partial charge in [0.05, 0.1) is 13.2 Å². The van der Waals surface area contributed by atoms with Crippen molar-refractivity contribution >= 4 is 44.6 Å². The van der Waals surface area contributed by atoms with Crippen molar-refractivity contribution in [1.82, 2.24) is 10.2 Å². The second kappa shape index (κ2) is 7.31. The van der Waals surface area contributed by atoms with Gasteiger partial charge in [-0.2, -0.15) is 11.8 Å². The average molecular weight is 425 g/mol. The maximum atomic E-state index is 12.6. The topological polar surface area (TPSA) is 54.7 Å². The van der Waals surface area contributed by atoms with Crippen LogP contribution in [0.4, 0.5) is 0 Å². The number of amides is 1. The van der Waals surface area contributed by atoms with E-state index in [4.69, 9.17) is 9.15 Å². The van der Waals surface area contributed by atoms with E-state index in [0.717, 1.165) is 59.7 Å². The number of carbonyl (C=O) groups excluding carboxylic acids is 1. The summed E-state index contributed by atoms with van der Waals surface area (Å²) in [5, 5.41) is 4.04. The van der Waals surface area contributed by atoms with Crippen molar-refractivity contribution in [2.24, 2.45) is 0 Å².